The van der Waals surface area contributed by atoms with Gasteiger partial charge in [0.2, 0.25) is 0 Å². The molecule has 0 saturated carbocycles. The van der Waals surface area contributed by atoms with Crippen molar-refractivity contribution < 1.29 is 29.8 Å². The van der Waals surface area contributed by atoms with Crippen molar-refractivity contribution in [2.45, 2.75) is 67.2 Å². The Morgan fingerprint density at radius 2 is 1.69 bits per heavy atom. The van der Waals surface area contributed by atoms with Gasteiger partial charge in [-0.2, -0.15) is 0 Å². The van der Waals surface area contributed by atoms with Gasteiger partial charge in [-0.1, -0.05) is 56.9 Å². The summed E-state index contributed by atoms with van der Waals surface area (Å²) in [5.74, 6) is 1.53. The molecule has 2 nitrogen and oxygen atoms in total. The second-order valence-electron chi connectivity index (χ2n) is 7.93. The second kappa shape index (κ2) is 12.6. The van der Waals surface area contributed by atoms with Gasteiger partial charge in [-0.3, -0.25) is 4.79 Å². The predicted octanol–water partition coefficient (Wildman–Crippen LogP) is 3.78. The maximum Gasteiger partial charge on any atom is 1.00 e. The number of ether oxygens (including phenoxy) is 1. The number of aryl methyl sites for hydroxylation is 4. The van der Waals surface area contributed by atoms with Gasteiger partial charge in [0.25, 0.3) is 0 Å². The quantitative estimate of drug-likeness (QED) is 0.444. The van der Waals surface area contributed by atoms with Crippen LogP contribution in [0.5, 0.6) is 5.75 Å². The SMILES string of the molecule is CCCCC(CC)COc1ccc(PC(=O)c2c(C)cc(C)cc2C)c(C)c1.[H-].[Li+]. The molecule has 0 aromatic heterocycles. The zero-order valence-electron chi connectivity index (χ0n) is 20.3. The molecule has 0 aliphatic rings. The molecule has 29 heavy (non-hydrogen) atoms. The molecule has 2 rings (SSSR count). The van der Waals surface area contributed by atoms with Gasteiger partial charge < -0.3 is 6.16 Å². The molecule has 0 amide bonds. The first-order valence-electron chi connectivity index (χ1n) is 10.5. The molecule has 2 aromatic rings. The second-order valence-corrected chi connectivity index (χ2v) is 9.17. The first-order chi connectivity index (χ1) is 13.3. The van der Waals surface area contributed by atoms with E-state index in [2.05, 4.69) is 52.0 Å². The van der Waals surface area contributed by atoms with Crippen LogP contribution in [-0.2, 0) is 0 Å². The van der Waals surface area contributed by atoms with Crippen molar-refractivity contribution in [1.29, 1.82) is 0 Å². The van der Waals surface area contributed by atoms with Crippen molar-refractivity contribution in [3.63, 3.8) is 0 Å². The van der Waals surface area contributed by atoms with E-state index in [1.807, 2.05) is 19.9 Å². The van der Waals surface area contributed by atoms with E-state index in [0.717, 1.165) is 46.3 Å². The Bertz CT molecular complexity index is 800. The third-order valence-electron chi connectivity index (χ3n) is 5.38. The van der Waals surface area contributed by atoms with Crippen LogP contribution in [0.15, 0.2) is 30.3 Å². The molecule has 0 radical (unpaired) electrons. The molecule has 0 bridgehead atoms. The monoisotopic (exact) mass is 406 g/mol. The van der Waals surface area contributed by atoms with Gasteiger partial charge in [-0.05, 0) is 82.7 Å². The summed E-state index contributed by atoms with van der Waals surface area (Å²) in [7, 11) is 0.143. The van der Waals surface area contributed by atoms with E-state index in [1.54, 1.807) is 0 Å². The van der Waals surface area contributed by atoms with E-state index in [0.29, 0.717) is 5.92 Å². The largest absolute Gasteiger partial charge is 1.00 e. The van der Waals surface area contributed by atoms with E-state index in [9.17, 15) is 4.79 Å². The Hall–Kier alpha value is -1.06. The zero-order valence-corrected chi connectivity index (χ0v) is 20.3. The summed E-state index contributed by atoms with van der Waals surface area (Å²) in [5, 5.41) is 1.11. The smallest absolute Gasteiger partial charge is 1.00 e. The van der Waals surface area contributed by atoms with Crippen molar-refractivity contribution in [1.82, 2.24) is 0 Å². The van der Waals surface area contributed by atoms with E-state index in [-0.39, 0.29) is 34.4 Å². The standard InChI is InChI=1S/C25H35O2P.Li.H/c1-7-9-10-21(8-2)16-27-22-11-12-23(18(4)15-22)28-25(26)24-19(5)13-17(3)14-20(24)6;;/h11-15,21,28H,7-10,16H2,1-6H3;;/q;+1;-1. The van der Waals surface area contributed by atoms with Gasteiger partial charge in [0, 0.05) is 5.56 Å². The summed E-state index contributed by atoms with van der Waals surface area (Å²) in [6.07, 6.45) is 4.89. The third-order valence-corrected chi connectivity index (χ3v) is 6.69. The molecular formula is C25H36LiO2P. The minimum atomic E-state index is 0. The van der Waals surface area contributed by atoms with E-state index >= 15 is 0 Å². The predicted molar refractivity (Wildman–Crippen MR) is 124 cm³/mol. The van der Waals surface area contributed by atoms with Crippen LogP contribution in [0.25, 0.3) is 0 Å². The third kappa shape index (κ3) is 7.60. The Balaban J connectivity index is 0.00000420. The first kappa shape index (κ1) is 26.0. The number of rotatable bonds is 10. The van der Waals surface area contributed by atoms with Crippen molar-refractivity contribution in [2.75, 3.05) is 6.61 Å². The summed E-state index contributed by atoms with van der Waals surface area (Å²) in [4.78, 5) is 12.9. The fourth-order valence-corrected chi connectivity index (χ4v) is 4.90. The van der Waals surface area contributed by atoms with Crippen LogP contribution in [-0.4, -0.2) is 12.1 Å². The Kier molecular flexibility index (Phi) is 11.3. The molecule has 0 fully saturated rings. The van der Waals surface area contributed by atoms with Gasteiger partial charge in [-0.15, -0.1) is 0 Å². The molecule has 2 aromatic carbocycles. The van der Waals surface area contributed by atoms with Crippen LogP contribution in [0, 0.1) is 33.6 Å². The van der Waals surface area contributed by atoms with E-state index in [4.69, 9.17) is 4.74 Å². The van der Waals surface area contributed by atoms with Crippen molar-refractivity contribution >= 4 is 19.4 Å². The van der Waals surface area contributed by atoms with Crippen LogP contribution in [0.1, 0.15) is 73.6 Å². The normalized spacial score (nSPS) is 12.1. The molecule has 0 spiro atoms. The van der Waals surface area contributed by atoms with Crippen LogP contribution in [0.2, 0.25) is 0 Å². The Morgan fingerprint density at radius 3 is 2.24 bits per heavy atom. The maximum atomic E-state index is 12.9. The molecule has 0 saturated heterocycles. The Morgan fingerprint density at radius 1 is 1.03 bits per heavy atom. The molecule has 0 heterocycles. The number of carbonyl (C=O) groups excluding carboxylic acids is 1. The van der Waals surface area contributed by atoms with Gasteiger partial charge in [-0.25, -0.2) is 0 Å². The molecule has 2 atom stereocenters. The van der Waals surface area contributed by atoms with Crippen LogP contribution >= 0.6 is 8.58 Å². The average Bonchev–Trinajstić information content (AvgIpc) is 2.63. The number of unbranched alkanes of at least 4 members (excludes halogenated alkanes) is 1. The summed E-state index contributed by atoms with van der Waals surface area (Å²) < 4.78 is 6.05. The average molecular weight is 406 g/mol. The van der Waals surface area contributed by atoms with Gasteiger partial charge >= 0.3 is 18.9 Å². The fraction of sp³-hybridized carbons (Fsp3) is 0.480. The van der Waals surface area contributed by atoms with Gasteiger partial charge in [0.1, 0.15) is 5.75 Å². The topological polar surface area (TPSA) is 26.3 Å². The minimum absolute atomic E-state index is 0. The maximum absolute atomic E-state index is 12.9. The number of benzene rings is 2. The summed E-state index contributed by atoms with van der Waals surface area (Å²) in [5.41, 5.74) is 5.59. The minimum Gasteiger partial charge on any atom is -1.00 e. The molecule has 0 aliphatic heterocycles. The molecule has 154 valence electrons. The number of hydrogen-bond donors (Lipinski definition) is 0. The summed E-state index contributed by atoms with van der Waals surface area (Å²) >= 11 is 0. The van der Waals surface area contributed by atoms with Crippen molar-refractivity contribution in [2.24, 2.45) is 5.92 Å². The number of hydrogen-bond acceptors (Lipinski definition) is 2. The van der Waals surface area contributed by atoms with Crippen LogP contribution < -0.4 is 28.9 Å². The Labute approximate surface area is 192 Å². The fourth-order valence-electron chi connectivity index (χ4n) is 3.70. The van der Waals surface area contributed by atoms with Gasteiger partial charge in [0.15, 0.2) is 5.52 Å². The molecule has 2 unspecified atom stereocenters. The number of carbonyl (C=O) groups is 1. The molecule has 0 aliphatic carbocycles. The van der Waals surface area contributed by atoms with E-state index < -0.39 is 0 Å². The van der Waals surface area contributed by atoms with Crippen LogP contribution in [0.3, 0.4) is 0 Å². The van der Waals surface area contributed by atoms with Crippen LogP contribution in [0.4, 0.5) is 0 Å². The van der Waals surface area contributed by atoms with E-state index in [1.165, 1.54) is 24.8 Å². The van der Waals surface area contributed by atoms with Gasteiger partial charge in [0.05, 0.1) is 6.61 Å². The van der Waals surface area contributed by atoms with Crippen molar-refractivity contribution in [3.05, 3.63) is 58.1 Å². The summed E-state index contributed by atoms with van der Waals surface area (Å²) in [6, 6.07) is 10.3. The molecule has 0 N–H and O–H groups in total. The first-order valence-corrected chi connectivity index (χ1v) is 11.5. The molecular weight excluding hydrogens is 370 g/mol. The van der Waals surface area contributed by atoms with Crippen molar-refractivity contribution in [3.8, 4) is 5.75 Å². The zero-order chi connectivity index (χ0) is 20.7. The molecule has 4 heteroatoms. The summed E-state index contributed by atoms with van der Waals surface area (Å²) in [6.45, 7) is 13.5.